The SMILES string of the molecule is NC(=O)c1ccnc(N2CCC(n3cc(C(=O)NC4CC4)nn3)CC2)c1. The van der Waals surface area contributed by atoms with Gasteiger partial charge in [0.1, 0.15) is 5.82 Å². The number of pyridine rings is 1. The minimum atomic E-state index is -0.455. The van der Waals surface area contributed by atoms with E-state index in [-0.39, 0.29) is 11.9 Å². The molecule has 0 aromatic carbocycles. The summed E-state index contributed by atoms with van der Waals surface area (Å²) in [6, 6.07) is 3.83. The number of rotatable bonds is 5. The molecule has 0 unspecified atom stereocenters. The zero-order valence-electron chi connectivity index (χ0n) is 14.3. The summed E-state index contributed by atoms with van der Waals surface area (Å²) in [6.07, 6.45) is 7.13. The molecule has 0 atom stereocenters. The number of nitrogens with two attached hydrogens (primary N) is 1. The first-order valence-corrected chi connectivity index (χ1v) is 8.83. The van der Waals surface area contributed by atoms with Gasteiger partial charge in [-0.15, -0.1) is 5.10 Å². The highest BCUT2D eigenvalue weighted by Gasteiger charge is 2.27. The van der Waals surface area contributed by atoms with Gasteiger partial charge in [-0.2, -0.15) is 0 Å². The first kappa shape index (κ1) is 16.5. The Balaban J connectivity index is 1.37. The van der Waals surface area contributed by atoms with E-state index in [1.54, 1.807) is 29.2 Å². The molecule has 2 aliphatic rings. The van der Waals surface area contributed by atoms with E-state index in [0.29, 0.717) is 17.3 Å². The topological polar surface area (TPSA) is 119 Å². The van der Waals surface area contributed by atoms with Crippen LogP contribution in [0.15, 0.2) is 24.5 Å². The van der Waals surface area contributed by atoms with Gasteiger partial charge in [0, 0.05) is 30.9 Å². The van der Waals surface area contributed by atoms with E-state index in [0.717, 1.165) is 44.6 Å². The highest BCUT2D eigenvalue weighted by molar-refractivity contribution is 5.93. The van der Waals surface area contributed by atoms with Gasteiger partial charge in [0.05, 0.1) is 12.2 Å². The highest BCUT2D eigenvalue weighted by Crippen LogP contribution is 2.25. The predicted molar refractivity (Wildman–Crippen MR) is 93.7 cm³/mol. The van der Waals surface area contributed by atoms with Crippen LogP contribution in [0.5, 0.6) is 0 Å². The fourth-order valence-electron chi connectivity index (χ4n) is 3.15. The molecule has 0 bridgehead atoms. The average Bonchev–Trinajstić information content (AvgIpc) is 3.33. The standard InChI is InChI=1S/C17H21N7O2/c18-16(25)11-3-6-19-15(9-11)23-7-4-13(5-8-23)24-10-14(21-22-24)17(26)20-12-1-2-12/h3,6,9-10,12-13H,1-2,4-5,7-8H2,(H2,18,25)(H,20,26). The third-order valence-corrected chi connectivity index (χ3v) is 4.85. The molecular formula is C17H21N7O2. The van der Waals surface area contributed by atoms with Crippen LogP contribution in [0, 0.1) is 0 Å². The van der Waals surface area contributed by atoms with Crippen molar-refractivity contribution in [3.8, 4) is 0 Å². The maximum atomic E-state index is 12.0. The molecule has 2 fully saturated rings. The lowest BCUT2D eigenvalue weighted by atomic mass is 10.1. The van der Waals surface area contributed by atoms with E-state index in [4.69, 9.17) is 5.73 Å². The molecule has 1 saturated heterocycles. The number of carbonyl (C=O) groups is 2. The van der Waals surface area contributed by atoms with Crippen molar-refractivity contribution in [2.45, 2.75) is 37.8 Å². The van der Waals surface area contributed by atoms with Gasteiger partial charge in [-0.05, 0) is 37.8 Å². The number of anilines is 1. The number of primary amides is 1. The molecule has 3 N–H and O–H groups in total. The highest BCUT2D eigenvalue weighted by atomic mass is 16.2. The molecule has 1 aliphatic carbocycles. The Bertz CT molecular complexity index is 822. The Kier molecular flexibility index (Phi) is 4.27. The van der Waals surface area contributed by atoms with Crippen molar-refractivity contribution in [3.63, 3.8) is 0 Å². The summed E-state index contributed by atoms with van der Waals surface area (Å²) in [6.45, 7) is 1.56. The number of nitrogens with zero attached hydrogens (tertiary/aromatic N) is 5. The smallest absolute Gasteiger partial charge is 0.273 e. The number of amides is 2. The van der Waals surface area contributed by atoms with Gasteiger partial charge >= 0.3 is 0 Å². The molecule has 1 aliphatic heterocycles. The number of nitrogens with one attached hydrogen (secondary N) is 1. The second-order valence-corrected chi connectivity index (χ2v) is 6.82. The quantitative estimate of drug-likeness (QED) is 0.806. The fourth-order valence-corrected chi connectivity index (χ4v) is 3.15. The number of hydrogen-bond acceptors (Lipinski definition) is 6. The summed E-state index contributed by atoms with van der Waals surface area (Å²) in [7, 11) is 0. The van der Waals surface area contributed by atoms with E-state index in [1.165, 1.54) is 0 Å². The van der Waals surface area contributed by atoms with E-state index < -0.39 is 5.91 Å². The third-order valence-electron chi connectivity index (χ3n) is 4.85. The second-order valence-electron chi connectivity index (χ2n) is 6.82. The molecule has 0 spiro atoms. The Hall–Kier alpha value is -2.97. The zero-order chi connectivity index (χ0) is 18.1. The molecule has 2 aromatic heterocycles. The average molecular weight is 355 g/mol. The Morgan fingerprint density at radius 2 is 1.96 bits per heavy atom. The molecule has 2 aromatic rings. The molecular weight excluding hydrogens is 334 g/mol. The lowest BCUT2D eigenvalue weighted by Crippen LogP contribution is -2.35. The molecule has 26 heavy (non-hydrogen) atoms. The molecule has 0 radical (unpaired) electrons. The van der Waals surface area contributed by atoms with Crippen LogP contribution in [0.4, 0.5) is 5.82 Å². The van der Waals surface area contributed by atoms with Crippen LogP contribution in [-0.2, 0) is 0 Å². The maximum absolute atomic E-state index is 12.0. The van der Waals surface area contributed by atoms with Crippen LogP contribution < -0.4 is 16.0 Å². The van der Waals surface area contributed by atoms with Crippen molar-refractivity contribution in [2.24, 2.45) is 5.73 Å². The monoisotopic (exact) mass is 355 g/mol. The molecule has 1 saturated carbocycles. The number of hydrogen-bond donors (Lipinski definition) is 2. The largest absolute Gasteiger partial charge is 0.366 e. The minimum absolute atomic E-state index is 0.149. The van der Waals surface area contributed by atoms with Gasteiger partial charge in [0.2, 0.25) is 5.91 Å². The van der Waals surface area contributed by atoms with Crippen molar-refractivity contribution in [1.82, 2.24) is 25.3 Å². The second kappa shape index (κ2) is 6.74. The Morgan fingerprint density at radius 1 is 1.19 bits per heavy atom. The van der Waals surface area contributed by atoms with Crippen molar-refractivity contribution < 1.29 is 9.59 Å². The van der Waals surface area contributed by atoms with Crippen LogP contribution in [0.25, 0.3) is 0 Å². The van der Waals surface area contributed by atoms with Crippen molar-refractivity contribution in [1.29, 1.82) is 0 Å². The summed E-state index contributed by atoms with van der Waals surface area (Å²) in [5, 5.41) is 11.1. The first-order valence-electron chi connectivity index (χ1n) is 8.83. The first-order chi connectivity index (χ1) is 12.6. The fraction of sp³-hybridized carbons (Fsp3) is 0.471. The molecule has 4 rings (SSSR count). The van der Waals surface area contributed by atoms with Crippen LogP contribution in [0.3, 0.4) is 0 Å². The lowest BCUT2D eigenvalue weighted by molar-refractivity contribution is 0.0944. The number of piperidine rings is 1. The Morgan fingerprint density at radius 3 is 2.65 bits per heavy atom. The van der Waals surface area contributed by atoms with Gasteiger partial charge < -0.3 is 16.0 Å². The lowest BCUT2D eigenvalue weighted by Gasteiger charge is -2.32. The van der Waals surface area contributed by atoms with Gasteiger partial charge in [0.15, 0.2) is 5.69 Å². The maximum Gasteiger partial charge on any atom is 0.273 e. The third kappa shape index (κ3) is 3.51. The van der Waals surface area contributed by atoms with Crippen LogP contribution >= 0.6 is 0 Å². The van der Waals surface area contributed by atoms with Gasteiger partial charge in [-0.3, -0.25) is 9.59 Å². The molecule has 9 nitrogen and oxygen atoms in total. The zero-order valence-corrected chi connectivity index (χ0v) is 14.3. The van der Waals surface area contributed by atoms with Gasteiger partial charge in [0.25, 0.3) is 5.91 Å². The van der Waals surface area contributed by atoms with E-state index >= 15 is 0 Å². The summed E-state index contributed by atoms with van der Waals surface area (Å²) in [5.74, 6) is 0.148. The van der Waals surface area contributed by atoms with Gasteiger partial charge in [-0.25, -0.2) is 9.67 Å². The molecule has 2 amide bonds. The van der Waals surface area contributed by atoms with E-state index in [2.05, 4.69) is 25.5 Å². The summed E-state index contributed by atoms with van der Waals surface area (Å²) >= 11 is 0. The van der Waals surface area contributed by atoms with Gasteiger partial charge in [-0.1, -0.05) is 5.21 Å². The summed E-state index contributed by atoms with van der Waals surface area (Å²) in [4.78, 5) is 29.8. The number of aromatic nitrogens is 4. The van der Waals surface area contributed by atoms with E-state index in [9.17, 15) is 9.59 Å². The Labute approximate surface area is 150 Å². The van der Waals surface area contributed by atoms with Crippen LogP contribution in [0.1, 0.15) is 52.6 Å². The van der Waals surface area contributed by atoms with E-state index in [1.807, 2.05) is 0 Å². The molecule has 9 heteroatoms. The normalized spacial score (nSPS) is 17.9. The summed E-state index contributed by atoms with van der Waals surface area (Å²) in [5.41, 5.74) is 6.16. The van der Waals surface area contributed by atoms with Crippen LogP contribution in [0.2, 0.25) is 0 Å². The summed E-state index contributed by atoms with van der Waals surface area (Å²) < 4.78 is 1.78. The number of carbonyl (C=O) groups excluding carboxylic acids is 2. The molecule has 136 valence electrons. The minimum Gasteiger partial charge on any atom is -0.366 e. The molecule has 3 heterocycles. The predicted octanol–water partition coefficient (Wildman–Crippen LogP) is 0.506. The van der Waals surface area contributed by atoms with Crippen molar-refractivity contribution in [2.75, 3.05) is 18.0 Å². The van der Waals surface area contributed by atoms with Crippen LogP contribution in [-0.4, -0.2) is 50.9 Å². The van der Waals surface area contributed by atoms with Crippen molar-refractivity contribution >= 4 is 17.6 Å². The van der Waals surface area contributed by atoms with Crippen molar-refractivity contribution in [3.05, 3.63) is 35.8 Å².